The number of ether oxygens (including phenoxy) is 4. The minimum absolute atomic E-state index is 0.106. The third-order valence-electron chi connectivity index (χ3n) is 18.0. The van der Waals surface area contributed by atoms with Gasteiger partial charge in [-0.05, 0) is 37.5 Å². The van der Waals surface area contributed by atoms with Crippen LogP contribution in [-0.2, 0) is 65.4 Å². The normalized spacial score (nSPS) is 14.0. The highest BCUT2D eigenvalue weighted by Crippen LogP contribution is 2.45. The van der Waals surface area contributed by atoms with Gasteiger partial charge in [0.05, 0.1) is 26.4 Å². The molecule has 0 aliphatic carbocycles. The minimum atomic E-state index is -4.96. The van der Waals surface area contributed by atoms with Crippen molar-refractivity contribution in [2.24, 2.45) is 11.8 Å². The summed E-state index contributed by atoms with van der Waals surface area (Å²) in [5.41, 5.74) is 0. The predicted octanol–water partition coefficient (Wildman–Crippen LogP) is 22.7. The quantitative estimate of drug-likeness (QED) is 0.0222. The summed E-state index contributed by atoms with van der Waals surface area (Å²) in [5.74, 6) is -0.608. The molecule has 0 spiro atoms. The molecule has 0 aromatic rings. The average molecular weight is 1410 g/mol. The van der Waals surface area contributed by atoms with E-state index in [4.69, 9.17) is 37.0 Å². The Balaban J connectivity index is 5.16. The Kier molecular flexibility index (Phi) is 67.4. The predicted molar refractivity (Wildman–Crippen MR) is 391 cm³/mol. The number of aliphatic hydroxyl groups excluding tert-OH is 1. The molecule has 17 nitrogen and oxygen atoms in total. The summed E-state index contributed by atoms with van der Waals surface area (Å²) in [6, 6.07) is 0. The molecule has 0 saturated heterocycles. The molecule has 3 N–H and O–H groups in total. The van der Waals surface area contributed by atoms with Gasteiger partial charge in [-0.1, -0.05) is 350 Å². The Hall–Kier alpha value is -1.94. The Morgan fingerprint density at radius 2 is 0.479 bits per heavy atom. The lowest BCUT2D eigenvalue weighted by Gasteiger charge is -2.21. The number of aliphatic hydroxyl groups is 1. The number of phosphoric ester groups is 2. The summed E-state index contributed by atoms with van der Waals surface area (Å²) in [7, 11) is -9.91. The van der Waals surface area contributed by atoms with Crippen LogP contribution in [0, 0.1) is 11.8 Å². The van der Waals surface area contributed by atoms with E-state index >= 15 is 0 Å². The first-order chi connectivity index (χ1) is 46.4. The fraction of sp³-hybridized carbons (Fsp3) is 0.948. The van der Waals surface area contributed by atoms with Crippen molar-refractivity contribution in [3.8, 4) is 0 Å². The van der Waals surface area contributed by atoms with Crippen LogP contribution in [0.2, 0.25) is 0 Å². The van der Waals surface area contributed by atoms with E-state index in [9.17, 15) is 43.2 Å². The van der Waals surface area contributed by atoms with Crippen molar-refractivity contribution >= 4 is 39.5 Å². The molecule has 0 fully saturated rings. The van der Waals surface area contributed by atoms with Crippen molar-refractivity contribution < 1.29 is 80.2 Å². The number of carbonyl (C=O) groups is 4. The summed E-state index contributed by atoms with van der Waals surface area (Å²) < 4.78 is 68.5. The van der Waals surface area contributed by atoms with Crippen LogP contribution in [0.5, 0.6) is 0 Å². The van der Waals surface area contributed by atoms with Gasteiger partial charge in [0.15, 0.2) is 12.2 Å². The lowest BCUT2D eigenvalue weighted by Crippen LogP contribution is -2.30. The van der Waals surface area contributed by atoms with Crippen LogP contribution < -0.4 is 0 Å². The Morgan fingerprint density at radius 3 is 0.708 bits per heavy atom. The highest BCUT2D eigenvalue weighted by molar-refractivity contribution is 7.47. The second-order valence-electron chi connectivity index (χ2n) is 28.7. The first kappa shape index (κ1) is 94.1. The van der Waals surface area contributed by atoms with Gasteiger partial charge in [0.25, 0.3) is 0 Å². The van der Waals surface area contributed by atoms with E-state index in [0.717, 1.165) is 108 Å². The molecule has 0 rings (SSSR count). The van der Waals surface area contributed by atoms with Crippen molar-refractivity contribution in [2.45, 2.75) is 419 Å². The summed E-state index contributed by atoms with van der Waals surface area (Å²) in [6.45, 7) is 9.55. The first-order valence-corrected chi connectivity index (χ1v) is 43.0. The van der Waals surface area contributed by atoms with E-state index in [1.807, 2.05) is 0 Å². The number of rotatable bonds is 76. The van der Waals surface area contributed by atoms with Gasteiger partial charge in [0.1, 0.15) is 19.3 Å². The van der Waals surface area contributed by atoms with Crippen LogP contribution in [-0.4, -0.2) is 96.7 Å². The van der Waals surface area contributed by atoms with Crippen LogP contribution in [0.15, 0.2) is 0 Å². The number of phosphoric acid groups is 2. The fourth-order valence-electron chi connectivity index (χ4n) is 11.8. The van der Waals surface area contributed by atoms with E-state index in [2.05, 4.69) is 41.5 Å². The number of unbranched alkanes of at least 4 members (excludes halogenated alkanes) is 46. The lowest BCUT2D eigenvalue weighted by atomic mass is 10.0. The molecule has 19 heteroatoms. The third kappa shape index (κ3) is 70.5. The maximum absolute atomic E-state index is 13.1. The van der Waals surface area contributed by atoms with Crippen LogP contribution in [0.1, 0.15) is 401 Å². The van der Waals surface area contributed by atoms with Gasteiger partial charge < -0.3 is 33.8 Å². The maximum Gasteiger partial charge on any atom is 0.472 e. The van der Waals surface area contributed by atoms with Crippen molar-refractivity contribution in [1.29, 1.82) is 0 Å². The highest BCUT2D eigenvalue weighted by Gasteiger charge is 2.30. The van der Waals surface area contributed by atoms with Gasteiger partial charge in [0, 0.05) is 25.7 Å². The largest absolute Gasteiger partial charge is 0.472 e. The van der Waals surface area contributed by atoms with Crippen molar-refractivity contribution in [3.05, 3.63) is 0 Å². The zero-order chi connectivity index (χ0) is 70.7. The Morgan fingerprint density at radius 1 is 0.281 bits per heavy atom. The second kappa shape index (κ2) is 68.8. The van der Waals surface area contributed by atoms with Crippen LogP contribution in [0.3, 0.4) is 0 Å². The SMILES string of the molecule is CCCCCCCCCCCCCCCCCCCCCCCCC(=O)O[C@H](COC(=O)CCCCCCCCCCCCC(C)C)COP(=O)(O)OC[C@@H](O)COP(=O)(O)OC[C@@H](COC(=O)CCCCCCCCCC)OC(=O)CCCCCCCCCCCCC(C)C. The smallest absolute Gasteiger partial charge is 0.462 e. The molecule has 0 heterocycles. The molecule has 0 aromatic carbocycles. The zero-order valence-corrected chi connectivity index (χ0v) is 64.5. The van der Waals surface area contributed by atoms with E-state index in [0.29, 0.717) is 25.7 Å². The van der Waals surface area contributed by atoms with Gasteiger partial charge in [-0.25, -0.2) is 9.13 Å². The van der Waals surface area contributed by atoms with Crippen LogP contribution in [0.4, 0.5) is 0 Å². The summed E-state index contributed by atoms with van der Waals surface area (Å²) in [4.78, 5) is 72.7. The van der Waals surface area contributed by atoms with E-state index < -0.39 is 97.5 Å². The molecule has 570 valence electrons. The van der Waals surface area contributed by atoms with Crippen molar-refractivity contribution in [3.63, 3.8) is 0 Å². The average Bonchev–Trinajstić information content (AvgIpc) is 1.67. The Labute approximate surface area is 588 Å². The molecule has 0 amide bonds. The number of hydrogen-bond donors (Lipinski definition) is 3. The van der Waals surface area contributed by atoms with Gasteiger partial charge in [-0.3, -0.25) is 37.3 Å². The first-order valence-electron chi connectivity index (χ1n) is 40.0. The highest BCUT2D eigenvalue weighted by atomic mass is 31.2. The summed E-state index contributed by atoms with van der Waals surface area (Å²) >= 11 is 0. The molecular formula is C77H150O17P2. The van der Waals surface area contributed by atoms with Gasteiger partial charge in [-0.2, -0.15) is 0 Å². The molecule has 0 radical (unpaired) electrons. The zero-order valence-electron chi connectivity index (χ0n) is 62.7. The lowest BCUT2D eigenvalue weighted by molar-refractivity contribution is -0.161. The van der Waals surface area contributed by atoms with E-state index in [-0.39, 0.29) is 25.7 Å². The molecule has 0 aromatic heterocycles. The molecule has 0 saturated carbocycles. The van der Waals surface area contributed by atoms with Gasteiger partial charge in [-0.15, -0.1) is 0 Å². The molecule has 2 unspecified atom stereocenters. The standard InChI is InChI=1S/C77H150O17P2/c1-7-9-11-13-15-17-18-19-20-21-22-23-24-25-26-27-28-29-37-43-49-55-61-76(81)94-73(66-88-75(80)60-54-48-42-36-32-30-34-39-45-51-57-69(3)4)68-92-96(85,86)90-64-71(78)63-89-95(83,84)91-67-72(65-87-74(79)59-53-47-41-16-14-12-10-8-2)93-77(82)62-56-50-44-38-33-31-35-40-46-52-58-70(5)6/h69-73,78H,7-68H2,1-6H3,(H,83,84)(H,85,86)/t71-,72+,73+/m0/s1. The third-order valence-corrected chi connectivity index (χ3v) is 19.9. The summed E-state index contributed by atoms with van der Waals surface area (Å²) in [5, 5.41) is 10.6. The minimum Gasteiger partial charge on any atom is -0.462 e. The van der Waals surface area contributed by atoms with Gasteiger partial charge >= 0.3 is 39.5 Å². The molecule has 5 atom stereocenters. The maximum atomic E-state index is 13.1. The molecular weight excluding hydrogens is 1260 g/mol. The number of carbonyl (C=O) groups excluding carboxylic acids is 4. The molecule has 0 aliphatic heterocycles. The molecule has 96 heavy (non-hydrogen) atoms. The Bertz CT molecular complexity index is 1860. The van der Waals surface area contributed by atoms with Crippen LogP contribution in [0.25, 0.3) is 0 Å². The molecule has 0 bridgehead atoms. The topological polar surface area (TPSA) is 237 Å². The monoisotopic (exact) mass is 1410 g/mol. The summed E-state index contributed by atoms with van der Waals surface area (Å²) in [6.07, 6.45) is 57.1. The second-order valence-corrected chi connectivity index (χ2v) is 31.6. The van der Waals surface area contributed by atoms with Crippen molar-refractivity contribution in [1.82, 2.24) is 0 Å². The van der Waals surface area contributed by atoms with Crippen molar-refractivity contribution in [2.75, 3.05) is 39.6 Å². The fourth-order valence-corrected chi connectivity index (χ4v) is 13.4. The number of esters is 4. The van der Waals surface area contributed by atoms with Gasteiger partial charge in [0.2, 0.25) is 0 Å². The van der Waals surface area contributed by atoms with Crippen LogP contribution >= 0.6 is 15.6 Å². The molecule has 0 aliphatic rings. The number of hydrogen-bond acceptors (Lipinski definition) is 15. The van der Waals surface area contributed by atoms with E-state index in [1.54, 1.807) is 0 Å². The van der Waals surface area contributed by atoms with E-state index in [1.165, 1.54) is 212 Å².